The molecule has 0 amide bonds. The molecule has 0 radical (unpaired) electrons. The van der Waals surface area contributed by atoms with Crippen molar-refractivity contribution in [3.05, 3.63) is 0 Å². The second-order valence-corrected chi connectivity index (χ2v) is 6.61. The first-order chi connectivity index (χ1) is 9.19. The van der Waals surface area contributed by atoms with Gasteiger partial charge in [0.15, 0.2) is 0 Å². The smallest absolute Gasteiger partial charge is 0.0576 e. The molecule has 1 N–H and O–H groups in total. The van der Waals surface area contributed by atoms with Gasteiger partial charge in [0.05, 0.1) is 6.10 Å². The molecule has 1 aliphatic carbocycles. The fourth-order valence-corrected chi connectivity index (χ4v) is 4.20. The molecule has 0 spiro atoms. The highest BCUT2D eigenvalue weighted by atomic mass is 16.5. The van der Waals surface area contributed by atoms with Gasteiger partial charge in [0.25, 0.3) is 0 Å². The minimum absolute atomic E-state index is 0.394. The Morgan fingerprint density at radius 1 is 1.26 bits per heavy atom. The van der Waals surface area contributed by atoms with Crippen molar-refractivity contribution >= 4 is 0 Å². The van der Waals surface area contributed by atoms with Gasteiger partial charge in [-0.1, -0.05) is 12.8 Å². The highest BCUT2D eigenvalue weighted by Gasteiger charge is 2.42. The predicted molar refractivity (Wildman–Crippen MR) is 80.6 cm³/mol. The molecule has 2 fully saturated rings. The Balaban J connectivity index is 1.83. The Labute approximate surface area is 119 Å². The maximum Gasteiger partial charge on any atom is 0.0576 e. The van der Waals surface area contributed by atoms with Gasteiger partial charge in [-0.25, -0.2) is 0 Å². The lowest BCUT2D eigenvalue weighted by Crippen LogP contribution is -2.56. The van der Waals surface area contributed by atoms with Crippen LogP contribution in [0, 0.1) is 0 Å². The standard InChI is InChI=1S/C16H32N2O/c1-17-15(10-6-8-14-9-7-13-19-14)16(18(2)3)11-4-5-12-16/h14-15,17H,4-13H2,1-3H3. The summed E-state index contributed by atoms with van der Waals surface area (Å²) in [5, 5.41) is 3.61. The summed E-state index contributed by atoms with van der Waals surface area (Å²) in [4.78, 5) is 2.48. The first-order valence-corrected chi connectivity index (χ1v) is 8.15. The van der Waals surface area contributed by atoms with Gasteiger partial charge in [0.2, 0.25) is 0 Å². The summed E-state index contributed by atoms with van der Waals surface area (Å²) in [7, 11) is 6.66. The summed E-state index contributed by atoms with van der Waals surface area (Å²) >= 11 is 0. The largest absolute Gasteiger partial charge is 0.378 e. The van der Waals surface area contributed by atoms with Crippen LogP contribution in [-0.4, -0.2) is 50.3 Å². The normalized spacial score (nSPS) is 28.1. The van der Waals surface area contributed by atoms with Crippen LogP contribution < -0.4 is 5.32 Å². The molecule has 0 bridgehead atoms. The topological polar surface area (TPSA) is 24.5 Å². The lowest BCUT2D eigenvalue weighted by atomic mass is 9.83. The van der Waals surface area contributed by atoms with Crippen molar-refractivity contribution in [1.29, 1.82) is 0 Å². The molecular formula is C16H32N2O. The average molecular weight is 268 g/mol. The second kappa shape index (κ2) is 7.05. The first-order valence-electron chi connectivity index (χ1n) is 8.15. The van der Waals surface area contributed by atoms with E-state index in [0.717, 1.165) is 6.61 Å². The number of nitrogens with one attached hydrogen (secondary N) is 1. The van der Waals surface area contributed by atoms with Crippen LogP contribution in [0.5, 0.6) is 0 Å². The monoisotopic (exact) mass is 268 g/mol. The lowest BCUT2D eigenvalue weighted by molar-refractivity contribution is 0.0860. The van der Waals surface area contributed by atoms with Crippen LogP contribution in [0.3, 0.4) is 0 Å². The van der Waals surface area contributed by atoms with Gasteiger partial charge < -0.3 is 15.0 Å². The molecular weight excluding hydrogens is 236 g/mol. The van der Waals surface area contributed by atoms with Gasteiger partial charge >= 0.3 is 0 Å². The summed E-state index contributed by atoms with van der Waals surface area (Å²) in [6.45, 7) is 0.988. The maximum absolute atomic E-state index is 5.74. The van der Waals surface area contributed by atoms with E-state index in [1.807, 2.05) is 0 Å². The van der Waals surface area contributed by atoms with E-state index in [1.165, 1.54) is 57.8 Å². The number of nitrogens with zero attached hydrogens (tertiary/aromatic N) is 1. The maximum atomic E-state index is 5.74. The Morgan fingerprint density at radius 2 is 2.00 bits per heavy atom. The van der Waals surface area contributed by atoms with Crippen molar-refractivity contribution in [3.8, 4) is 0 Å². The highest BCUT2D eigenvalue weighted by Crippen LogP contribution is 2.38. The van der Waals surface area contributed by atoms with Crippen LogP contribution in [0.1, 0.15) is 57.8 Å². The molecule has 3 heteroatoms. The van der Waals surface area contributed by atoms with Crippen molar-refractivity contribution < 1.29 is 4.74 Å². The van der Waals surface area contributed by atoms with E-state index >= 15 is 0 Å². The molecule has 0 aromatic rings. The van der Waals surface area contributed by atoms with Crippen LogP contribution in [0.4, 0.5) is 0 Å². The van der Waals surface area contributed by atoms with Gasteiger partial charge in [0, 0.05) is 18.2 Å². The highest BCUT2D eigenvalue weighted by molar-refractivity contribution is 5.01. The van der Waals surface area contributed by atoms with Crippen molar-refractivity contribution in [2.45, 2.75) is 75.5 Å². The summed E-state index contributed by atoms with van der Waals surface area (Å²) in [6, 6.07) is 0.631. The van der Waals surface area contributed by atoms with Crippen molar-refractivity contribution in [3.63, 3.8) is 0 Å². The van der Waals surface area contributed by atoms with Crippen molar-refractivity contribution in [1.82, 2.24) is 10.2 Å². The average Bonchev–Trinajstić information content (AvgIpc) is 3.06. The zero-order valence-corrected chi connectivity index (χ0v) is 13.1. The minimum atomic E-state index is 0.394. The summed E-state index contributed by atoms with van der Waals surface area (Å²) < 4.78 is 5.74. The Morgan fingerprint density at radius 3 is 2.53 bits per heavy atom. The molecule has 1 heterocycles. The van der Waals surface area contributed by atoms with E-state index in [1.54, 1.807) is 0 Å². The number of hydrogen-bond acceptors (Lipinski definition) is 3. The first kappa shape index (κ1) is 15.3. The second-order valence-electron chi connectivity index (χ2n) is 6.61. The molecule has 2 unspecified atom stereocenters. The van der Waals surface area contributed by atoms with Crippen LogP contribution in [0.2, 0.25) is 0 Å². The van der Waals surface area contributed by atoms with E-state index in [4.69, 9.17) is 4.74 Å². The Hall–Kier alpha value is -0.120. The van der Waals surface area contributed by atoms with Gasteiger partial charge in [-0.05, 0) is 66.1 Å². The van der Waals surface area contributed by atoms with E-state index < -0.39 is 0 Å². The fraction of sp³-hybridized carbons (Fsp3) is 1.00. The van der Waals surface area contributed by atoms with Gasteiger partial charge in [-0.2, -0.15) is 0 Å². The number of likely N-dealkylation sites (N-methyl/N-ethyl adjacent to an activating group) is 2. The van der Waals surface area contributed by atoms with Crippen LogP contribution >= 0.6 is 0 Å². The molecule has 1 saturated heterocycles. The Kier molecular flexibility index (Phi) is 5.67. The number of hydrogen-bond donors (Lipinski definition) is 1. The number of ether oxygens (including phenoxy) is 1. The SMILES string of the molecule is CNC(CCCC1CCCO1)C1(N(C)C)CCCC1. The molecule has 2 aliphatic rings. The van der Waals surface area contributed by atoms with E-state index in [9.17, 15) is 0 Å². The van der Waals surface area contributed by atoms with Gasteiger partial charge in [-0.3, -0.25) is 0 Å². The van der Waals surface area contributed by atoms with Crippen LogP contribution in [0.25, 0.3) is 0 Å². The van der Waals surface area contributed by atoms with Gasteiger partial charge in [-0.15, -0.1) is 0 Å². The molecule has 3 nitrogen and oxygen atoms in total. The third-order valence-electron chi connectivity index (χ3n) is 5.40. The fourth-order valence-electron chi connectivity index (χ4n) is 4.20. The predicted octanol–water partition coefficient (Wildman–Crippen LogP) is 2.80. The molecule has 19 heavy (non-hydrogen) atoms. The summed E-state index contributed by atoms with van der Waals surface area (Å²) in [5.41, 5.74) is 0.394. The zero-order chi connectivity index (χ0) is 13.7. The quantitative estimate of drug-likeness (QED) is 0.768. The van der Waals surface area contributed by atoms with Crippen molar-refractivity contribution in [2.75, 3.05) is 27.7 Å². The molecule has 2 atom stereocenters. The summed E-state index contributed by atoms with van der Waals surface area (Å²) in [6.07, 6.45) is 12.4. The van der Waals surface area contributed by atoms with E-state index in [2.05, 4.69) is 31.4 Å². The van der Waals surface area contributed by atoms with Crippen LogP contribution in [0.15, 0.2) is 0 Å². The lowest BCUT2D eigenvalue weighted by Gasteiger charge is -2.43. The molecule has 0 aromatic heterocycles. The van der Waals surface area contributed by atoms with Crippen LogP contribution in [-0.2, 0) is 4.74 Å². The third-order valence-corrected chi connectivity index (χ3v) is 5.40. The third kappa shape index (κ3) is 3.50. The van der Waals surface area contributed by atoms with Gasteiger partial charge in [0.1, 0.15) is 0 Å². The molecule has 112 valence electrons. The molecule has 1 aliphatic heterocycles. The molecule has 0 aromatic carbocycles. The summed E-state index contributed by atoms with van der Waals surface area (Å²) in [5.74, 6) is 0. The molecule has 2 rings (SSSR count). The zero-order valence-electron chi connectivity index (χ0n) is 13.1. The number of rotatable bonds is 7. The Bertz CT molecular complexity index is 255. The van der Waals surface area contributed by atoms with E-state index in [-0.39, 0.29) is 0 Å². The van der Waals surface area contributed by atoms with E-state index in [0.29, 0.717) is 17.7 Å². The minimum Gasteiger partial charge on any atom is -0.378 e. The van der Waals surface area contributed by atoms with Crippen molar-refractivity contribution in [2.24, 2.45) is 0 Å². The molecule has 1 saturated carbocycles.